The van der Waals surface area contributed by atoms with Crippen LogP contribution in [0.3, 0.4) is 0 Å². The number of amides is 1. The van der Waals surface area contributed by atoms with E-state index in [0.717, 1.165) is 0 Å². The zero-order chi connectivity index (χ0) is 14.7. The van der Waals surface area contributed by atoms with Gasteiger partial charge in [0.05, 0.1) is 0 Å². The van der Waals surface area contributed by atoms with E-state index in [1.54, 1.807) is 25.1 Å². The van der Waals surface area contributed by atoms with Crippen LogP contribution in [0.15, 0.2) is 24.3 Å². The molecule has 5 heteroatoms. The molecule has 0 aromatic heterocycles. The molecule has 1 saturated heterocycles. The maximum Gasteiger partial charge on any atom is 0.326 e. The highest BCUT2D eigenvalue weighted by Gasteiger charge is 2.35. The summed E-state index contributed by atoms with van der Waals surface area (Å²) in [6, 6.07) is 5.61. The van der Waals surface area contributed by atoms with Gasteiger partial charge in [-0.3, -0.25) is 4.79 Å². The zero-order valence-corrected chi connectivity index (χ0v) is 11.4. The number of likely N-dealkylation sites (tertiary alicyclic amines) is 1. The minimum atomic E-state index is -0.964. The minimum absolute atomic E-state index is 0.210. The summed E-state index contributed by atoms with van der Waals surface area (Å²) in [5, 5.41) is 9.09. The first-order chi connectivity index (χ1) is 9.50. The van der Waals surface area contributed by atoms with Crippen molar-refractivity contribution in [3.05, 3.63) is 35.6 Å². The molecule has 20 heavy (non-hydrogen) atoms. The van der Waals surface area contributed by atoms with E-state index >= 15 is 0 Å². The molecule has 1 fully saturated rings. The maximum absolute atomic E-state index is 13.6. The second kappa shape index (κ2) is 6.03. The number of carbonyl (C=O) groups is 2. The van der Waals surface area contributed by atoms with E-state index in [2.05, 4.69) is 0 Å². The summed E-state index contributed by atoms with van der Waals surface area (Å²) in [4.78, 5) is 24.8. The Kier molecular flexibility index (Phi) is 4.37. The van der Waals surface area contributed by atoms with Crippen molar-refractivity contribution < 1.29 is 19.1 Å². The highest BCUT2D eigenvalue weighted by Crippen LogP contribution is 2.22. The van der Waals surface area contributed by atoms with Crippen LogP contribution in [0.25, 0.3) is 0 Å². The zero-order valence-electron chi connectivity index (χ0n) is 11.4. The Labute approximate surface area is 117 Å². The van der Waals surface area contributed by atoms with Crippen LogP contribution in [-0.2, 0) is 16.0 Å². The molecule has 2 rings (SSSR count). The van der Waals surface area contributed by atoms with Gasteiger partial charge in [0.2, 0.25) is 5.91 Å². The number of rotatable bonds is 4. The average molecular weight is 279 g/mol. The molecular formula is C15H18FNO3. The molecule has 1 aromatic rings. The van der Waals surface area contributed by atoms with Crippen LogP contribution < -0.4 is 0 Å². The predicted molar refractivity (Wildman–Crippen MR) is 71.6 cm³/mol. The largest absolute Gasteiger partial charge is 0.480 e. The molecule has 4 nitrogen and oxygen atoms in total. The molecule has 1 aromatic carbocycles. The third kappa shape index (κ3) is 2.98. The maximum atomic E-state index is 13.6. The monoisotopic (exact) mass is 279 g/mol. The third-order valence-electron chi connectivity index (χ3n) is 3.73. The molecule has 0 radical (unpaired) electrons. The first-order valence-electron chi connectivity index (χ1n) is 6.77. The summed E-state index contributed by atoms with van der Waals surface area (Å²) in [5.41, 5.74) is 0.486. The number of carbonyl (C=O) groups excluding carboxylic acids is 1. The van der Waals surface area contributed by atoms with Gasteiger partial charge in [-0.25, -0.2) is 9.18 Å². The number of aliphatic carboxylic acids is 1. The normalized spacial score (nSPS) is 19.9. The van der Waals surface area contributed by atoms with Gasteiger partial charge in [0.25, 0.3) is 0 Å². The number of hydrogen-bond acceptors (Lipinski definition) is 2. The Balaban J connectivity index is 2.05. The molecule has 1 N–H and O–H groups in total. The summed E-state index contributed by atoms with van der Waals surface area (Å²) in [5.74, 6) is -1.93. The molecule has 0 spiro atoms. The summed E-state index contributed by atoms with van der Waals surface area (Å²) in [6.45, 7) is 2.18. The summed E-state index contributed by atoms with van der Waals surface area (Å²) in [6.07, 6.45) is 1.48. The predicted octanol–water partition coefficient (Wildman–Crippen LogP) is 2.08. The van der Waals surface area contributed by atoms with Crippen molar-refractivity contribution in [2.45, 2.75) is 32.2 Å². The van der Waals surface area contributed by atoms with Crippen molar-refractivity contribution in [3.63, 3.8) is 0 Å². The van der Waals surface area contributed by atoms with Gasteiger partial charge in [-0.2, -0.15) is 0 Å². The smallest absolute Gasteiger partial charge is 0.326 e. The lowest BCUT2D eigenvalue weighted by Gasteiger charge is -2.25. The van der Waals surface area contributed by atoms with E-state index in [1.807, 2.05) is 0 Å². The van der Waals surface area contributed by atoms with Gasteiger partial charge >= 0.3 is 5.97 Å². The highest BCUT2D eigenvalue weighted by atomic mass is 19.1. The van der Waals surface area contributed by atoms with E-state index in [9.17, 15) is 14.0 Å². The van der Waals surface area contributed by atoms with E-state index < -0.39 is 17.9 Å². The lowest BCUT2D eigenvalue weighted by molar-refractivity contribution is -0.149. The fourth-order valence-electron chi connectivity index (χ4n) is 2.65. The molecule has 2 atom stereocenters. The third-order valence-corrected chi connectivity index (χ3v) is 3.73. The topological polar surface area (TPSA) is 57.6 Å². The van der Waals surface area contributed by atoms with Crippen molar-refractivity contribution in [3.8, 4) is 0 Å². The van der Waals surface area contributed by atoms with Crippen LogP contribution in [-0.4, -0.2) is 34.5 Å². The summed E-state index contributed by atoms with van der Waals surface area (Å²) < 4.78 is 13.6. The van der Waals surface area contributed by atoms with Crippen LogP contribution in [0.1, 0.15) is 25.3 Å². The minimum Gasteiger partial charge on any atom is -0.480 e. The molecule has 1 amide bonds. The number of hydrogen-bond donors (Lipinski definition) is 1. The number of carboxylic acids is 1. The van der Waals surface area contributed by atoms with Crippen molar-refractivity contribution in [2.24, 2.45) is 5.92 Å². The van der Waals surface area contributed by atoms with E-state index in [1.165, 1.54) is 11.0 Å². The first kappa shape index (κ1) is 14.5. The Morgan fingerprint density at radius 2 is 2.15 bits per heavy atom. The van der Waals surface area contributed by atoms with E-state index in [-0.39, 0.29) is 18.1 Å². The fourth-order valence-corrected chi connectivity index (χ4v) is 2.65. The van der Waals surface area contributed by atoms with Gasteiger partial charge in [-0.15, -0.1) is 0 Å². The van der Waals surface area contributed by atoms with Crippen molar-refractivity contribution in [1.29, 1.82) is 0 Å². The number of benzene rings is 1. The first-order valence-corrected chi connectivity index (χ1v) is 6.77. The standard InChI is InChI=1S/C15H18FNO3/c1-10(9-11-5-2-3-6-12(11)16)14(18)17-8-4-7-13(17)15(19)20/h2-3,5-6,10,13H,4,7-9H2,1H3,(H,19,20)/t10?,13-/m1/s1. The molecule has 1 aliphatic rings. The SMILES string of the molecule is CC(Cc1ccccc1F)C(=O)N1CCC[C@@H]1C(=O)O. The molecular weight excluding hydrogens is 261 g/mol. The van der Waals surface area contributed by atoms with Gasteiger partial charge in [0.1, 0.15) is 11.9 Å². The molecule has 0 aliphatic carbocycles. The van der Waals surface area contributed by atoms with E-state index in [0.29, 0.717) is 24.9 Å². The molecule has 0 saturated carbocycles. The second-order valence-electron chi connectivity index (χ2n) is 5.22. The molecule has 1 unspecified atom stereocenters. The van der Waals surface area contributed by atoms with Gasteiger partial charge in [0.15, 0.2) is 0 Å². The van der Waals surface area contributed by atoms with Gasteiger partial charge in [0, 0.05) is 12.5 Å². The molecule has 108 valence electrons. The number of carboxylic acid groups (broad SMARTS) is 1. The molecule has 0 bridgehead atoms. The molecule has 1 aliphatic heterocycles. The van der Waals surface area contributed by atoms with Gasteiger partial charge < -0.3 is 10.0 Å². The lowest BCUT2D eigenvalue weighted by Crippen LogP contribution is -2.43. The average Bonchev–Trinajstić information content (AvgIpc) is 2.89. The number of nitrogens with zero attached hydrogens (tertiary/aromatic N) is 1. The fraction of sp³-hybridized carbons (Fsp3) is 0.467. The van der Waals surface area contributed by atoms with Crippen LogP contribution in [0.2, 0.25) is 0 Å². The highest BCUT2D eigenvalue weighted by molar-refractivity contribution is 5.85. The Bertz CT molecular complexity index is 518. The summed E-state index contributed by atoms with van der Waals surface area (Å²) >= 11 is 0. The van der Waals surface area contributed by atoms with Crippen LogP contribution in [0.5, 0.6) is 0 Å². The van der Waals surface area contributed by atoms with E-state index in [4.69, 9.17) is 5.11 Å². The number of halogens is 1. The van der Waals surface area contributed by atoms with Crippen LogP contribution in [0, 0.1) is 11.7 Å². The van der Waals surface area contributed by atoms with Gasteiger partial charge in [-0.1, -0.05) is 25.1 Å². The Morgan fingerprint density at radius 3 is 2.80 bits per heavy atom. The Hall–Kier alpha value is -1.91. The van der Waals surface area contributed by atoms with Crippen LogP contribution in [0.4, 0.5) is 4.39 Å². The Morgan fingerprint density at radius 1 is 1.45 bits per heavy atom. The van der Waals surface area contributed by atoms with Crippen molar-refractivity contribution in [2.75, 3.05) is 6.54 Å². The van der Waals surface area contributed by atoms with Gasteiger partial charge in [-0.05, 0) is 30.9 Å². The quantitative estimate of drug-likeness (QED) is 0.918. The van der Waals surface area contributed by atoms with Crippen molar-refractivity contribution >= 4 is 11.9 Å². The lowest BCUT2D eigenvalue weighted by atomic mass is 9.99. The molecule has 1 heterocycles. The second-order valence-corrected chi connectivity index (χ2v) is 5.22. The van der Waals surface area contributed by atoms with Crippen LogP contribution >= 0.6 is 0 Å². The van der Waals surface area contributed by atoms with Crippen molar-refractivity contribution in [1.82, 2.24) is 4.90 Å². The summed E-state index contributed by atoms with van der Waals surface area (Å²) in [7, 11) is 0.